The van der Waals surface area contributed by atoms with Crippen LogP contribution in [-0.4, -0.2) is 17.8 Å². The van der Waals surface area contributed by atoms with Crippen LogP contribution in [0.3, 0.4) is 0 Å². The fraction of sp³-hybridized carbons (Fsp3) is 0.292. The first-order chi connectivity index (χ1) is 14.1. The topological polar surface area (TPSA) is 84.5 Å². The summed E-state index contributed by atoms with van der Waals surface area (Å²) in [5.74, 6) is -0.676. The monoisotopic (exact) mass is 408 g/mol. The lowest BCUT2D eigenvalue weighted by atomic mass is 9.87. The Morgan fingerprint density at radius 3 is 2.37 bits per heavy atom. The summed E-state index contributed by atoms with van der Waals surface area (Å²) >= 11 is 0. The maximum absolute atomic E-state index is 12.6. The van der Waals surface area contributed by atoms with E-state index >= 15 is 0 Å². The number of esters is 1. The van der Waals surface area contributed by atoms with Crippen LogP contribution in [-0.2, 0) is 16.1 Å². The van der Waals surface area contributed by atoms with Crippen molar-refractivity contribution in [2.75, 3.05) is 5.32 Å². The van der Waals surface area contributed by atoms with Gasteiger partial charge < -0.3 is 15.4 Å². The van der Waals surface area contributed by atoms with Crippen LogP contribution in [0.1, 0.15) is 50.5 Å². The van der Waals surface area contributed by atoms with Gasteiger partial charge in [0, 0.05) is 30.8 Å². The van der Waals surface area contributed by atoms with Crippen LogP contribution in [0, 0.1) is 5.41 Å². The van der Waals surface area contributed by atoms with Gasteiger partial charge >= 0.3 is 5.97 Å². The van der Waals surface area contributed by atoms with Gasteiger partial charge in [-0.25, -0.2) is 0 Å². The number of ether oxygens (including phenoxy) is 1. The molecule has 0 aromatic heterocycles. The zero-order valence-electron chi connectivity index (χ0n) is 18.0. The summed E-state index contributed by atoms with van der Waals surface area (Å²) in [4.78, 5) is 36.0. The van der Waals surface area contributed by atoms with Gasteiger partial charge in [0.25, 0.3) is 5.91 Å². The Kier molecular flexibility index (Phi) is 7.53. The second kappa shape index (κ2) is 9.87. The van der Waals surface area contributed by atoms with Crippen molar-refractivity contribution in [2.24, 2.45) is 5.41 Å². The predicted octanol–water partition coefficient (Wildman–Crippen LogP) is 4.47. The van der Waals surface area contributed by atoms with Crippen molar-refractivity contribution in [3.63, 3.8) is 0 Å². The summed E-state index contributed by atoms with van der Waals surface area (Å²) in [6.07, 6.45) is 1.60. The molecule has 2 aromatic carbocycles. The third kappa shape index (κ3) is 6.88. The fourth-order valence-electron chi connectivity index (χ4n) is 2.50. The lowest BCUT2D eigenvalue weighted by molar-refractivity contribution is -0.131. The minimum atomic E-state index is -0.454. The summed E-state index contributed by atoms with van der Waals surface area (Å²) < 4.78 is 5.03. The van der Waals surface area contributed by atoms with E-state index in [0.29, 0.717) is 17.0 Å². The van der Waals surface area contributed by atoms with Crippen LogP contribution in [0.5, 0.6) is 5.75 Å². The van der Waals surface area contributed by atoms with Crippen molar-refractivity contribution < 1.29 is 19.1 Å². The molecule has 0 fully saturated rings. The molecule has 2 amide bonds. The Morgan fingerprint density at radius 2 is 1.70 bits per heavy atom. The molecular formula is C24H28N2O4. The Morgan fingerprint density at radius 1 is 1.00 bits per heavy atom. The van der Waals surface area contributed by atoms with Gasteiger partial charge in [-0.3, -0.25) is 14.4 Å². The SMILES string of the molecule is CC(=O)Oc1cccc(C(=O)Nc2ccccc2CNC(=O)/C=C(\C)C(C)(C)C)c1. The Balaban J connectivity index is 2.09. The van der Waals surface area contributed by atoms with Crippen LogP contribution in [0.25, 0.3) is 0 Å². The molecule has 2 aromatic rings. The van der Waals surface area contributed by atoms with Gasteiger partial charge in [-0.15, -0.1) is 0 Å². The first kappa shape index (κ1) is 22.9. The van der Waals surface area contributed by atoms with Crippen LogP contribution in [0.15, 0.2) is 60.2 Å². The van der Waals surface area contributed by atoms with Gasteiger partial charge in [-0.05, 0) is 42.2 Å². The number of para-hydroxylation sites is 1. The fourth-order valence-corrected chi connectivity index (χ4v) is 2.50. The lowest BCUT2D eigenvalue weighted by Crippen LogP contribution is -2.23. The summed E-state index contributed by atoms with van der Waals surface area (Å²) in [6, 6.07) is 13.6. The van der Waals surface area contributed by atoms with Gasteiger partial charge in [-0.2, -0.15) is 0 Å². The summed E-state index contributed by atoms with van der Waals surface area (Å²) in [5, 5.41) is 5.71. The molecule has 0 bridgehead atoms. The van der Waals surface area contributed by atoms with Gasteiger partial charge in [0.1, 0.15) is 5.75 Å². The Hall–Kier alpha value is -3.41. The lowest BCUT2D eigenvalue weighted by Gasteiger charge is -2.19. The summed E-state index contributed by atoms with van der Waals surface area (Å²) in [7, 11) is 0. The molecule has 2 N–H and O–H groups in total. The van der Waals surface area contributed by atoms with E-state index in [9.17, 15) is 14.4 Å². The third-order valence-corrected chi connectivity index (χ3v) is 4.61. The third-order valence-electron chi connectivity index (χ3n) is 4.61. The maximum atomic E-state index is 12.6. The molecule has 6 heteroatoms. The van der Waals surface area contributed by atoms with Crippen molar-refractivity contribution in [2.45, 2.75) is 41.2 Å². The first-order valence-corrected chi connectivity index (χ1v) is 9.70. The van der Waals surface area contributed by atoms with Crippen molar-refractivity contribution >= 4 is 23.5 Å². The number of benzene rings is 2. The van der Waals surface area contributed by atoms with Crippen molar-refractivity contribution in [3.8, 4) is 5.75 Å². The number of amides is 2. The summed E-state index contributed by atoms with van der Waals surface area (Å²) in [5.41, 5.74) is 2.63. The molecule has 0 atom stereocenters. The number of carbonyl (C=O) groups excluding carboxylic acids is 3. The largest absolute Gasteiger partial charge is 0.427 e. The molecule has 0 radical (unpaired) electrons. The number of carbonyl (C=O) groups is 3. The number of hydrogen-bond donors (Lipinski definition) is 2. The number of rotatable bonds is 6. The smallest absolute Gasteiger partial charge is 0.308 e. The van der Waals surface area contributed by atoms with E-state index < -0.39 is 5.97 Å². The van der Waals surface area contributed by atoms with Crippen molar-refractivity contribution in [1.29, 1.82) is 0 Å². The molecule has 158 valence electrons. The quantitative estimate of drug-likeness (QED) is 0.419. The van der Waals surface area contributed by atoms with E-state index in [1.165, 1.54) is 13.0 Å². The zero-order chi connectivity index (χ0) is 22.3. The predicted molar refractivity (Wildman–Crippen MR) is 117 cm³/mol. The Bertz CT molecular complexity index is 971. The van der Waals surface area contributed by atoms with E-state index in [4.69, 9.17) is 4.74 Å². The van der Waals surface area contributed by atoms with E-state index in [0.717, 1.165) is 11.1 Å². The maximum Gasteiger partial charge on any atom is 0.308 e. The normalized spacial score (nSPS) is 11.6. The van der Waals surface area contributed by atoms with Crippen LogP contribution in [0.4, 0.5) is 5.69 Å². The molecule has 0 saturated heterocycles. The highest BCUT2D eigenvalue weighted by Gasteiger charge is 2.14. The van der Waals surface area contributed by atoms with Gasteiger partial charge in [-0.1, -0.05) is 50.6 Å². The van der Waals surface area contributed by atoms with Gasteiger partial charge in [0.2, 0.25) is 5.91 Å². The number of allylic oxidation sites excluding steroid dienone is 1. The van der Waals surface area contributed by atoms with Crippen molar-refractivity contribution in [3.05, 3.63) is 71.3 Å². The molecule has 0 aliphatic carbocycles. The highest BCUT2D eigenvalue weighted by atomic mass is 16.5. The van der Waals surface area contributed by atoms with Crippen molar-refractivity contribution in [1.82, 2.24) is 5.32 Å². The van der Waals surface area contributed by atoms with E-state index in [2.05, 4.69) is 10.6 Å². The second-order valence-corrected chi connectivity index (χ2v) is 8.03. The van der Waals surface area contributed by atoms with E-state index in [-0.39, 0.29) is 23.8 Å². The molecule has 0 unspecified atom stereocenters. The molecule has 0 aliphatic rings. The number of hydrogen-bond acceptors (Lipinski definition) is 4. The highest BCUT2D eigenvalue weighted by Crippen LogP contribution is 2.24. The minimum absolute atomic E-state index is 0.0795. The molecule has 0 saturated carbocycles. The minimum Gasteiger partial charge on any atom is -0.427 e. The highest BCUT2D eigenvalue weighted by molar-refractivity contribution is 6.05. The molecule has 0 heterocycles. The van der Waals surface area contributed by atoms with Crippen LogP contribution >= 0.6 is 0 Å². The van der Waals surface area contributed by atoms with Crippen LogP contribution < -0.4 is 15.4 Å². The molecule has 0 spiro atoms. The Labute approximate surface area is 177 Å². The number of anilines is 1. The second-order valence-electron chi connectivity index (χ2n) is 8.03. The molecular weight excluding hydrogens is 380 g/mol. The molecule has 30 heavy (non-hydrogen) atoms. The van der Waals surface area contributed by atoms with Crippen LogP contribution in [0.2, 0.25) is 0 Å². The van der Waals surface area contributed by atoms with Gasteiger partial charge in [0.05, 0.1) is 0 Å². The molecule has 0 aliphatic heterocycles. The standard InChI is InChI=1S/C24H28N2O4/c1-16(24(3,4)5)13-22(28)25-15-19-9-6-7-12-21(19)26-23(29)18-10-8-11-20(14-18)30-17(2)27/h6-14H,15H2,1-5H3,(H,25,28)(H,26,29)/b16-13+. The number of nitrogens with one attached hydrogen (secondary N) is 2. The molecule has 2 rings (SSSR count). The van der Waals surface area contributed by atoms with Gasteiger partial charge in [0.15, 0.2) is 0 Å². The summed E-state index contributed by atoms with van der Waals surface area (Å²) in [6.45, 7) is 9.65. The zero-order valence-corrected chi connectivity index (χ0v) is 18.0. The van der Waals surface area contributed by atoms with E-state index in [1.54, 1.807) is 36.4 Å². The average Bonchev–Trinajstić information content (AvgIpc) is 2.66. The molecule has 6 nitrogen and oxygen atoms in total. The average molecular weight is 408 g/mol. The first-order valence-electron chi connectivity index (χ1n) is 9.70. The van der Waals surface area contributed by atoms with E-state index in [1.807, 2.05) is 39.8 Å².